The van der Waals surface area contributed by atoms with Crippen LogP contribution in [0.5, 0.6) is 0 Å². The van der Waals surface area contributed by atoms with Gasteiger partial charge in [-0.2, -0.15) is 0 Å². The molecule has 0 heterocycles. The van der Waals surface area contributed by atoms with Gasteiger partial charge < -0.3 is 0 Å². The minimum atomic E-state index is -0.364. The van der Waals surface area contributed by atoms with Gasteiger partial charge in [0.25, 0.3) is 5.69 Å². The van der Waals surface area contributed by atoms with Crippen molar-refractivity contribution in [3.8, 4) is 0 Å². The molecule has 5 heteroatoms. The van der Waals surface area contributed by atoms with Gasteiger partial charge in [-0.1, -0.05) is 35.9 Å². The predicted molar refractivity (Wildman–Crippen MR) is 84.0 cm³/mol. The normalized spacial score (nSPS) is 20.3. The Morgan fingerprint density at radius 2 is 2.00 bits per heavy atom. The van der Waals surface area contributed by atoms with Gasteiger partial charge in [0.05, 0.1) is 10.3 Å². The summed E-state index contributed by atoms with van der Waals surface area (Å²) in [6.07, 6.45) is 1.40. The zero-order valence-corrected chi connectivity index (χ0v) is 12.6. The van der Waals surface area contributed by atoms with Gasteiger partial charge in [0.15, 0.2) is 0 Å². The van der Waals surface area contributed by atoms with Gasteiger partial charge in [-0.05, 0) is 42.0 Å². The lowest BCUT2D eigenvalue weighted by molar-refractivity contribution is -0.385. The third-order valence-corrected chi connectivity index (χ3v) is 4.80. The van der Waals surface area contributed by atoms with E-state index >= 15 is 0 Å². The first kappa shape index (κ1) is 14.4. The summed E-state index contributed by atoms with van der Waals surface area (Å²) in [5.74, 6) is 0.154. The van der Waals surface area contributed by atoms with Crippen LogP contribution in [-0.4, -0.2) is 4.92 Å². The van der Waals surface area contributed by atoms with Crippen molar-refractivity contribution in [1.82, 2.24) is 0 Å². The van der Waals surface area contributed by atoms with Crippen molar-refractivity contribution in [1.29, 1.82) is 0 Å². The number of halogens is 2. The summed E-state index contributed by atoms with van der Waals surface area (Å²) in [4.78, 5) is 10.8. The molecule has 1 aliphatic rings. The van der Waals surface area contributed by atoms with Crippen LogP contribution in [0.3, 0.4) is 0 Å². The molecule has 2 aromatic carbocycles. The van der Waals surface area contributed by atoms with Crippen LogP contribution in [0.2, 0.25) is 5.02 Å². The summed E-state index contributed by atoms with van der Waals surface area (Å²) in [5.41, 5.74) is 3.12. The topological polar surface area (TPSA) is 43.1 Å². The lowest BCUT2D eigenvalue weighted by atomic mass is 9.95. The molecule has 0 saturated heterocycles. The Morgan fingerprint density at radius 3 is 2.71 bits per heavy atom. The Labute approximate surface area is 132 Å². The minimum absolute atomic E-state index is 0.110. The number of fused-ring (bicyclic) bond motifs is 1. The van der Waals surface area contributed by atoms with E-state index < -0.39 is 0 Å². The Morgan fingerprint density at radius 1 is 1.24 bits per heavy atom. The monoisotopic (exact) mass is 321 g/mol. The molecule has 0 spiro atoms. The Balaban J connectivity index is 1.89. The second kappa shape index (κ2) is 5.66. The van der Waals surface area contributed by atoms with Crippen molar-refractivity contribution >= 4 is 28.9 Å². The Bertz CT molecular complexity index is 702. The van der Waals surface area contributed by atoms with Crippen LogP contribution < -0.4 is 0 Å². The molecule has 0 saturated carbocycles. The molecule has 3 rings (SSSR count). The zero-order valence-electron chi connectivity index (χ0n) is 11.1. The molecule has 1 aliphatic carbocycles. The highest BCUT2D eigenvalue weighted by Crippen LogP contribution is 2.43. The van der Waals surface area contributed by atoms with Gasteiger partial charge in [-0.3, -0.25) is 10.1 Å². The molecule has 0 aromatic heterocycles. The second-order valence-electron chi connectivity index (χ2n) is 5.30. The van der Waals surface area contributed by atoms with Gasteiger partial charge in [0.1, 0.15) is 0 Å². The summed E-state index contributed by atoms with van der Waals surface area (Å²) in [7, 11) is 0. The fraction of sp³-hybridized carbons (Fsp3) is 0.250. The number of hydrogen-bond acceptors (Lipinski definition) is 2. The number of benzene rings is 2. The molecule has 21 heavy (non-hydrogen) atoms. The molecule has 0 amide bonds. The maximum Gasteiger partial charge on any atom is 0.272 e. The maximum atomic E-state index is 11.1. The van der Waals surface area contributed by atoms with Crippen molar-refractivity contribution in [3.05, 3.63) is 74.3 Å². The van der Waals surface area contributed by atoms with E-state index in [2.05, 4.69) is 6.07 Å². The highest BCUT2D eigenvalue weighted by Gasteiger charge is 2.32. The van der Waals surface area contributed by atoms with Crippen molar-refractivity contribution in [2.24, 2.45) is 5.92 Å². The summed E-state index contributed by atoms with van der Waals surface area (Å²) in [6, 6.07) is 12.7. The molecule has 3 nitrogen and oxygen atoms in total. The first-order valence-electron chi connectivity index (χ1n) is 6.71. The van der Waals surface area contributed by atoms with Gasteiger partial charge >= 0.3 is 0 Å². The highest BCUT2D eigenvalue weighted by molar-refractivity contribution is 6.30. The standard InChI is InChI=1S/C16H13Cl2NO2/c17-13-5-6-15(19(20)21)11(9-13)8-12-7-10-3-1-2-4-14(10)16(12)18/h1-6,9,12,16H,7-8H2. The first-order valence-corrected chi connectivity index (χ1v) is 7.52. The van der Waals surface area contributed by atoms with Crippen LogP contribution in [0.1, 0.15) is 22.1 Å². The van der Waals surface area contributed by atoms with Crippen LogP contribution in [0.25, 0.3) is 0 Å². The SMILES string of the molecule is O=[N+]([O-])c1ccc(Cl)cc1CC1Cc2ccccc2C1Cl. The summed E-state index contributed by atoms with van der Waals surface area (Å²) >= 11 is 12.5. The van der Waals surface area contributed by atoms with E-state index in [9.17, 15) is 10.1 Å². The Kier molecular flexibility index (Phi) is 3.87. The lowest BCUT2D eigenvalue weighted by Gasteiger charge is -2.14. The molecule has 0 aliphatic heterocycles. The van der Waals surface area contributed by atoms with Crippen molar-refractivity contribution in [2.75, 3.05) is 0 Å². The molecular weight excluding hydrogens is 309 g/mol. The van der Waals surface area contributed by atoms with E-state index in [1.807, 2.05) is 18.2 Å². The molecular formula is C16H13Cl2NO2. The summed E-state index contributed by atoms with van der Waals surface area (Å²) in [5, 5.41) is 11.5. The van der Waals surface area contributed by atoms with Gasteiger partial charge in [0.2, 0.25) is 0 Å². The third-order valence-electron chi connectivity index (χ3n) is 3.97. The molecule has 0 fully saturated rings. The molecule has 0 radical (unpaired) electrons. The lowest BCUT2D eigenvalue weighted by Crippen LogP contribution is -2.08. The van der Waals surface area contributed by atoms with E-state index in [1.165, 1.54) is 11.6 Å². The zero-order chi connectivity index (χ0) is 15.0. The van der Waals surface area contributed by atoms with Crippen LogP contribution in [0.4, 0.5) is 5.69 Å². The van der Waals surface area contributed by atoms with E-state index in [1.54, 1.807) is 12.1 Å². The predicted octanol–water partition coefficient (Wildman–Crippen LogP) is 4.94. The molecule has 2 unspecified atom stereocenters. The number of rotatable bonds is 3. The van der Waals surface area contributed by atoms with Crippen LogP contribution in [0.15, 0.2) is 42.5 Å². The number of alkyl halides is 1. The average molecular weight is 322 g/mol. The quantitative estimate of drug-likeness (QED) is 0.456. The number of nitro benzene ring substituents is 1. The average Bonchev–Trinajstić information content (AvgIpc) is 2.76. The molecule has 0 bridgehead atoms. The van der Waals surface area contributed by atoms with Crippen LogP contribution in [-0.2, 0) is 12.8 Å². The van der Waals surface area contributed by atoms with Crippen LogP contribution >= 0.6 is 23.2 Å². The maximum absolute atomic E-state index is 11.1. The number of nitrogens with zero attached hydrogens (tertiary/aromatic N) is 1. The molecule has 108 valence electrons. The third kappa shape index (κ3) is 2.76. The van der Waals surface area contributed by atoms with Crippen LogP contribution in [0, 0.1) is 16.0 Å². The Hall–Kier alpha value is -1.58. The van der Waals surface area contributed by atoms with Gasteiger partial charge in [-0.25, -0.2) is 0 Å². The van der Waals surface area contributed by atoms with Crippen molar-refractivity contribution < 1.29 is 4.92 Å². The number of hydrogen-bond donors (Lipinski definition) is 0. The first-order chi connectivity index (χ1) is 10.1. The highest BCUT2D eigenvalue weighted by atomic mass is 35.5. The molecule has 0 N–H and O–H groups in total. The summed E-state index contributed by atoms with van der Waals surface area (Å²) in [6.45, 7) is 0. The summed E-state index contributed by atoms with van der Waals surface area (Å²) < 4.78 is 0. The van der Waals surface area contributed by atoms with Gasteiger partial charge in [0, 0.05) is 16.7 Å². The van der Waals surface area contributed by atoms with E-state index in [0.29, 0.717) is 17.0 Å². The second-order valence-corrected chi connectivity index (χ2v) is 6.21. The van der Waals surface area contributed by atoms with Crippen molar-refractivity contribution in [2.45, 2.75) is 18.2 Å². The van der Waals surface area contributed by atoms with E-state index in [4.69, 9.17) is 23.2 Å². The number of nitro groups is 1. The fourth-order valence-corrected chi connectivity index (χ4v) is 3.57. The molecule has 2 atom stereocenters. The minimum Gasteiger partial charge on any atom is -0.258 e. The smallest absolute Gasteiger partial charge is 0.258 e. The van der Waals surface area contributed by atoms with Crippen molar-refractivity contribution in [3.63, 3.8) is 0 Å². The van der Waals surface area contributed by atoms with Gasteiger partial charge in [-0.15, -0.1) is 11.6 Å². The fourth-order valence-electron chi connectivity index (χ4n) is 2.98. The van der Waals surface area contributed by atoms with E-state index in [0.717, 1.165) is 12.0 Å². The van der Waals surface area contributed by atoms with E-state index in [-0.39, 0.29) is 21.9 Å². The molecule has 2 aromatic rings. The largest absolute Gasteiger partial charge is 0.272 e.